The second-order valence-corrected chi connectivity index (χ2v) is 6.60. The predicted octanol–water partition coefficient (Wildman–Crippen LogP) is 3.13. The predicted molar refractivity (Wildman–Crippen MR) is 107 cm³/mol. The van der Waals surface area contributed by atoms with Gasteiger partial charge in [0.05, 0.1) is 6.54 Å². The highest BCUT2D eigenvalue weighted by Gasteiger charge is 2.08. The van der Waals surface area contributed by atoms with Crippen LogP contribution in [0.5, 0.6) is 0 Å². The minimum absolute atomic E-state index is 0.196. The van der Waals surface area contributed by atoms with Crippen LogP contribution in [0.1, 0.15) is 28.8 Å². The number of aromatic nitrogens is 3. The molecule has 1 aromatic heterocycles. The van der Waals surface area contributed by atoms with Gasteiger partial charge in [-0.15, -0.1) is 5.10 Å². The van der Waals surface area contributed by atoms with Crippen molar-refractivity contribution in [3.8, 4) is 0 Å². The van der Waals surface area contributed by atoms with Gasteiger partial charge in [0.1, 0.15) is 6.33 Å². The van der Waals surface area contributed by atoms with Gasteiger partial charge in [-0.1, -0.05) is 41.9 Å². The fourth-order valence-corrected chi connectivity index (χ4v) is 2.67. The number of halogens is 1. The molecule has 8 heteroatoms. The van der Waals surface area contributed by atoms with Gasteiger partial charge in [0.15, 0.2) is 0 Å². The molecule has 2 amide bonds. The van der Waals surface area contributed by atoms with Crippen LogP contribution in [0.15, 0.2) is 60.9 Å². The average molecular weight is 398 g/mol. The summed E-state index contributed by atoms with van der Waals surface area (Å²) in [5.41, 5.74) is 1.63. The van der Waals surface area contributed by atoms with Crippen LogP contribution in [0, 0.1) is 0 Å². The Bertz CT molecular complexity index is 925. The molecule has 3 rings (SSSR count). The Labute approximate surface area is 167 Å². The number of rotatable bonds is 8. The Balaban J connectivity index is 1.37. The molecule has 0 saturated heterocycles. The molecule has 144 valence electrons. The first kappa shape index (κ1) is 19.6. The lowest BCUT2D eigenvalue weighted by molar-refractivity contribution is -0.116. The smallest absolute Gasteiger partial charge is 0.251 e. The molecule has 0 spiro atoms. The number of hydrogen-bond donors (Lipinski definition) is 2. The van der Waals surface area contributed by atoms with Crippen LogP contribution in [0.4, 0.5) is 5.95 Å². The summed E-state index contributed by atoms with van der Waals surface area (Å²) in [5, 5.41) is 10.3. The Kier molecular flexibility index (Phi) is 6.75. The van der Waals surface area contributed by atoms with Crippen LogP contribution in [0.3, 0.4) is 0 Å². The van der Waals surface area contributed by atoms with Crippen LogP contribution < -0.4 is 10.6 Å². The number of nitrogens with one attached hydrogen (secondary N) is 2. The summed E-state index contributed by atoms with van der Waals surface area (Å²) in [6, 6.07) is 16.5. The fraction of sp³-hybridized carbons (Fsp3) is 0.200. The number of amides is 2. The van der Waals surface area contributed by atoms with Gasteiger partial charge < -0.3 is 5.32 Å². The van der Waals surface area contributed by atoms with Crippen molar-refractivity contribution < 1.29 is 9.59 Å². The minimum atomic E-state index is -0.196. The lowest BCUT2D eigenvalue weighted by atomic mass is 10.2. The number of nitrogens with zero attached hydrogens (tertiary/aromatic N) is 3. The fourth-order valence-electron chi connectivity index (χ4n) is 2.54. The van der Waals surface area contributed by atoms with Gasteiger partial charge in [0.2, 0.25) is 11.9 Å². The average Bonchev–Trinajstić information content (AvgIpc) is 3.13. The summed E-state index contributed by atoms with van der Waals surface area (Å²) < 4.78 is 1.66. The second kappa shape index (κ2) is 9.66. The molecular formula is C20H20ClN5O2. The summed E-state index contributed by atoms with van der Waals surface area (Å²) >= 11 is 5.80. The zero-order valence-electron chi connectivity index (χ0n) is 15.1. The van der Waals surface area contributed by atoms with Crippen molar-refractivity contribution in [3.63, 3.8) is 0 Å². The maximum atomic E-state index is 12.0. The zero-order valence-corrected chi connectivity index (χ0v) is 15.9. The highest BCUT2D eigenvalue weighted by molar-refractivity contribution is 6.30. The number of hydrogen-bond acceptors (Lipinski definition) is 4. The van der Waals surface area contributed by atoms with Crippen molar-refractivity contribution >= 4 is 29.4 Å². The number of benzene rings is 2. The van der Waals surface area contributed by atoms with Crippen LogP contribution in [-0.2, 0) is 11.3 Å². The zero-order chi connectivity index (χ0) is 19.8. The summed E-state index contributed by atoms with van der Waals surface area (Å²) in [6.45, 7) is 0.977. The maximum Gasteiger partial charge on any atom is 0.251 e. The molecule has 0 fully saturated rings. The van der Waals surface area contributed by atoms with Crippen molar-refractivity contribution in [2.75, 3.05) is 11.9 Å². The molecule has 0 aliphatic heterocycles. The molecule has 2 aromatic carbocycles. The van der Waals surface area contributed by atoms with E-state index in [0.717, 1.165) is 5.56 Å². The third kappa shape index (κ3) is 5.92. The van der Waals surface area contributed by atoms with Crippen molar-refractivity contribution in [2.45, 2.75) is 19.4 Å². The third-order valence-corrected chi connectivity index (χ3v) is 4.20. The quantitative estimate of drug-likeness (QED) is 0.571. The van der Waals surface area contributed by atoms with Gasteiger partial charge in [-0.05, 0) is 36.2 Å². The van der Waals surface area contributed by atoms with E-state index in [4.69, 9.17) is 11.6 Å². The molecule has 0 saturated carbocycles. The van der Waals surface area contributed by atoms with Gasteiger partial charge in [0, 0.05) is 23.6 Å². The van der Waals surface area contributed by atoms with Gasteiger partial charge in [-0.25, -0.2) is 9.67 Å². The number of anilines is 1. The molecule has 1 heterocycles. The van der Waals surface area contributed by atoms with E-state index in [1.807, 2.05) is 30.3 Å². The van der Waals surface area contributed by atoms with Crippen molar-refractivity contribution in [3.05, 3.63) is 77.1 Å². The van der Waals surface area contributed by atoms with E-state index >= 15 is 0 Å². The molecule has 28 heavy (non-hydrogen) atoms. The Hall–Kier alpha value is -3.19. The van der Waals surface area contributed by atoms with E-state index in [0.29, 0.717) is 30.1 Å². The number of carbonyl (C=O) groups excluding carboxylic acids is 2. The normalized spacial score (nSPS) is 10.5. The molecule has 0 radical (unpaired) electrons. The molecule has 0 bridgehead atoms. The highest BCUT2D eigenvalue weighted by Crippen LogP contribution is 2.09. The van der Waals surface area contributed by atoms with E-state index in [1.165, 1.54) is 0 Å². The first-order valence-corrected chi connectivity index (χ1v) is 9.25. The van der Waals surface area contributed by atoms with Crippen molar-refractivity contribution in [2.24, 2.45) is 0 Å². The molecule has 0 atom stereocenters. The molecule has 0 aliphatic carbocycles. The van der Waals surface area contributed by atoms with Gasteiger partial charge in [-0.2, -0.15) is 0 Å². The monoisotopic (exact) mass is 397 g/mol. The van der Waals surface area contributed by atoms with E-state index in [9.17, 15) is 9.59 Å². The summed E-state index contributed by atoms with van der Waals surface area (Å²) in [5.74, 6) is -0.122. The minimum Gasteiger partial charge on any atom is -0.352 e. The summed E-state index contributed by atoms with van der Waals surface area (Å²) in [7, 11) is 0. The Morgan fingerprint density at radius 3 is 2.54 bits per heavy atom. The topological polar surface area (TPSA) is 88.9 Å². The van der Waals surface area contributed by atoms with Crippen LogP contribution in [0.25, 0.3) is 0 Å². The van der Waals surface area contributed by atoms with Gasteiger partial charge >= 0.3 is 0 Å². The van der Waals surface area contributed by atoms with Gasteiger partial charge in [-0.3, -0.25) is 14.9 Å². The first-order valence-electron chi connectivity index (χ1n) is 8.87. The summed E-state index contributed by atoms with van der Waals surface area (Å²) in [6.07, 6.45) is 2.35. The maximum absolute atomic E-state index is 12.0. The lowest BCUT2D eigenvalue weighted by Crippen LogP contribution is -2.25. The third-order valence-electron chi connectivity index (χ3n) is 3.95. The Morgan fingerprint density at radius 2 is 1.79 bits per heavy atom. The van der Waals surface area contributed by atoms with Gasteiger partial charge in [0.25, 0.3) is 5.91 Å². The molecular weight excluding hydrogens is 378 g/mol. The highest BCUT2D eigenvalue weighted by atomic mass is 35.5. The van der Waals surface area contributed by atoms with Crippen LogP contribution >= 0.6 is 11.6 Å². The first-order chi connectivity index (χ1) is 13.6. The molecule has 3 aromatic rings. The number of carbonyl (C=O) groups is 2. The molecule has 0 unspecified atom stereocenters. The van der Waals surface area contributed by atoms with Crippen LogP contribution in [-0.4, -0.2) is 33.1 Å². The van der Waals surface area contributed by atoms with Crippen molar-refractivity contribution in [1.82, 2.24) is 20.1 Å². The molecule has 7 nitrogen and oxygen atoms in total. The SMILES string of the molecule is O=C(CCCNC(=O)c1ccc(Cl)cc1)Nc1ncn(Cc2ccccc2)n1. The second-order valence-electron chi connectivity index (χ2n) is 6.17. The van der Waals surface area contributed by atoms with E-state index in [-0.39, 0.29) is 24.2 Å². The van der Waals surface area contributed by atoms with E-state index in [1.54, 1.807) is 35.3 Å². The Morgan fingerprint density at radius 1 is 1.04 bits per heavy atom. The molecule has 2 N–H and O–H groups in total. The van der Waals surface area contributed by atoms with Crippen molar-refractivity contribution in [1.29, 1.82) is 0 Å². The van der Waals surface area contributed by atoms with E-state index < -0.39 is 0 Å². The van der Waals surface area contributed by atoms with E-state index in [2.05, 4.69) is 20.7 Å². The summed E-state index contributed by atoms with van der Waals surface area (Å²) in [4.78, 5) is 28.1. The standard InChI is InChI=1S/C20H20ClN5O2/c21-17-10-8-16(9-11-17)19(28)22-12-4-7-18(27)24-20-23-14-26(25-20)13-15-5-2-1-3-6-15/h1-3,5-6,8-11,14H,4,7,12-13H2,(H,22,28)(H,24,25,27). The largest absolute Gasteiger partial charge is 0.352 e. The van der Waals surface area contributed by atoms with Crippen LogP contribution in [0.2, 0.25) is 5.02 Å². The lowest BCUT2D eigenvalue weighted by Gasteiger charge is -2.05. The molecule has 0 aliphatic rings.